The Morgan fingerprint density at radius 1 is 1.39 bits per heavy atom. The molecule has 0 aromatic carbocycles. The van der Waals surface area contributed by atoms with Gasteiger partial charge in [0.2, 0.25) is 0 Å². The predicted octanol–water partition coefficient (Wildman–Crippen LogP) is 0.865. The van der Waals surface area contributed by atoms with Gasteiger partial charge in [0.1, 0.15) is 5.69 Å². The summed E-state index contributed by atoms with van der Waals surface area (Å²) in [4.78, 5) is 23.3. The minimum absolute atomic E-state index is 0.159. The molecular formula is C9H12F3N3O2S. The molecule has 1 aromatic rings. The Morgan fingerprint density at radius 3 is 2.50 bits per heavy atom. The predicted molar refractivity (Wildman–Crippen MR) is 63.6 cm³/mol. The van der Waals surface area contributed by atoms with Crippen LogP contribution in [0.2, 0.25) is 0 Å². The van der Waals surface area contributed by atoms with E-state index in [2.05, 4.69) is 0 Å². The molecule has 2 N–H and O–H groups in total. The number of halogens is 3. The van der Waals surface area contributed by atoms with E-state index in [4.69, 9.17) is 5.73 Å². The van der Waals surface area contributed by atoms with E-state index in [0.29, 0.717) is 0 Å². The van der Waals surface area contributed by atoms with Crippen LogP contribution in [0.25, 0.3) is 0 Å². The highest BCUT2D eigenvalue weighted by molar-refractivity contribution is 8.00. The Morgan fingerprint density at radius 2 is 2.00 bits per heavy atom. The third kappa shape index (κ3) is 3.56. The molecule has 0 aliphatic heterocycles. The van der Waals surface area contributed by atoms with Crippen LogP contribution in [-0.4, -0.2) is 20.4 Å². The van der Waals surface area contributed by atoms with Crippen molar-refractivity contribution in [1.82, 2.24) is 9.13 Å². The van der Waals surface area contributed by atoms with Crippen LogP contribution in [0, 0.1) is 0 Å². The van der Waals surface area contributed by atoms with Gasteiger partial charge in [-0.2, -0.15) is 13.2 Å². The van der Waals surface area contributed by atoms with Gasteiger partial charge in [0, 0.05) is 25.0 Å². The second-order valence-electron chi connectivity index (χ2n) is 3.40. The molecule has 5 nitrogen and oxygen atoms in total. The quantitative estimate of drug-likeness (QED) is 0.890. The lowest BCUT2D eigenvalue weighted by molar-refractivity contribution is -0.0328. The van der Waals surface area contributed by atoms with Crippen molar-refractivity contribution in [3.05, 3.63) is 27.0 Å². The van der Waals surface area contributed by atoms with Gasteiger partial charge in [-0.1, -0.05) is 0 Å². The molecule has 0 radical (unpaired) electrons. The molecule has 0 saturated carbocycles. The monoisotopic (exact) mass is 283 g/mol. The van der Waals surface area contributed by atoms with Crippen molar-refractivity contribution in [2.75, 3.05) is 11.5 Å². The average Bonchev–Trinajstić information content (AvgIpc) is 2.26. The summed E-state index contributed by atoms with van der Waals surface area (Å²) in [6.07, 6.45) is 1.19. The van der Waals surface area contributed by atoms with E-state index in [9.17, 15) is 22.8 Å². The van der Waals surface area contributed by atoms with E-state index >= 15 is 0 Å². The van der Waals surface area contributed by atoms with Gasteiger partial charge in [-0.15, -0.1) is 0 Å². The van der Waals surface area contributed by atoms with Gasteiger partial charge in [0.25, 0.3) is 5.56 Å². The molecule has 0 aliphatic carbocycles. The van der Waals surface area contributed by atoms with Gasteiger partial charge >= 0.3 is 11.2 Å². The van der Waals surface area contributed by atoms with Crippen molar-refractivity contribution in [1.29, 1.82) is 0 Å². The molecule has 1 rings (SSSR count). The first-order valence-corrected chi connectivity index (χ1v) is 6.05. The molecule has 0 saturated heterocycles. The molecule has 0 fully saturated rings. The molecule has 102 valence electrons. The van der Waals surface area contributed by atoms with Crippen molar-refractivity contribution in [3.8, 4) is 0 Å². The number of hydrogen-bond donors (Lipinski definition) is 1. The molecular weight excluding hydrogens is 271 g/mol. The number of anilines is 1. The Kier molecular flexibility index (Phi) is 4.49. The van der Waals surface area contributed by atoms with E-state index in [-0.39, 0.29) is 30.5 Å². The fourth-order valence-corrected chi connectivity index (χ4v) is 1.86. The minimum atomic E-state index is -4.38. The highest BCUT2D eigenvalue weighted by atomic mass is 32.2. The van der Waals surface area contributed by atoms with E-state index in [1.165, 1.54) is 10.8 Å². The summed E-state index contributed by atoms with van der Waals surface area (Å²) >= 11 is -0.284. The number of nitrogen functional groups attached to an aromatic ring is 1. The maximum absolute atomic E-state index is 12.0. The number of hydrogen-bond acceptors (Lipinski definition) is 4. The van der Waals surface area contributed by atoms with Gasteiger partial charge in [0.05, 0.1) is 0 Å². The Bertz CT molecular complexity index is 535. The lowest BCUT2D eigenvalue weighted by atomic mass is 10.5. The molecule has 18 heavy (non-hydrogen) atoms. The van der Waals surface area contributed by atoms with Crippen LogP contribution in [0.15, 0.2) is 15.8 Å². The molecule has 0 unspecified atom stereocenters. The van der Waals surface area contributed by atoms with E-state index in [1.807, 2.05) is 0 Å². The maximum Gasteiger partial charge on any atom is 0.441 e. The zero-order valence-electron chi connectivity index (χ0n) is 9.53. The van der Waals surface area contributed by atoms with Crippen LogP contribution in [0.5, 0.6) is 0 Å². The third-order valence-electron chi connectivity index (χ3n) is 2.18. The number of rotatable bonds is 4. The second kappa shape index (κ2) is 5.51. The summed E-state index contributed by atoms with van der Waals surface area (Å²) in [6, 6.07) is 0. The zero-order chi connectivity index (χ0) is 13.9. The van der Waals surface area contributed by atoms with Gasteiger partial charge in [-0.25, -0.2) is 4.79 Å². The van der Waals surface area contributed by atoms with Crippen molar-refractivity contribution in [2.24, 2.45) is 0 Å². The fourth-order valence-electron chi connectivity index (χ4n) is 1.35. The minimum Gasteiger partial charge on any atom is -0.393 e. The standard InChI is InChI=1S/C9H12F3N3O2S/c1-2-14-5-6(13)7(16)15(8(14)17)3-4-18-9(10,11)12/h5H,2-4,13H2,1H3. The summed E-state index contributed by atoms with van der Waals surface area (Å²) < 4.78 is 37.8. The number of aromatic nitrogens is 2. The SMILES string of the molecule is CCn1cc(N)c(=O)n(CCSC(F)(F)F)c1=O. The number of nitrogens with two attached hydrogens (primary N) is 1. The molecule has 9 heteroatoms. The van der Waals surface area contributed by atoms with Crippen LogP contribution >= 0.6 is 11.8 Å². The van der Waals surface area contributed by atoms with Crippen LogP contribution < -0.4 is 17.0 Å². The van der Waals surface area contributed by atoms with E-state index in [0.717, 1.165) is 4.57 Å². The molecule has 1 aromatic heterocycles. The van der Waals surface area contributed by atoms with E-state index < -0.39 is 22.5 Å². The average molecular weight is 283 g/mol. The van der Waals surface area contributed by atoms with Gasteiger partial charge < -0.3 is 5.73 Å². The second-order valence-corrected chi connectivity index (χ2v) is 4.56. The number of aryl methyl sites for hydroxylation is 1. The topological polar surface area (TPSA) is 70.0 Å². The van der Waals surface area contributed by atoms with Gasteiger partial charge in [-0.05, 0) is 18.7 Å². The zero-order valence-corrected chi connectivity index (χ0v) is 10.3. The number of nitrogens with zero attached hydrogens (tertiary/aromatic N) is 2. The van der Waals surface area contributed by atoms with Crippen molar-refractivity contribution in [2.45, 2.75) is 25.5 Å². The van der Waals surface area contributed by atoms with Crippen LogP contribution in [0.1, 0.15) is 6.92 Å². The largest absolute Gasteiger partial charge is 0.441 e. The third-order valence-corrected chi connectivity index (χ3v) is 2.90. The Balaban J connectivity index is 2.99. The molecule has 0 amide bonds. The number of thioether (sulfide) groups is 1. The summed E-state index contributed by atoms with van der Waals surface area (Å²) in [7, 11) is 0. The van der Waals surface area contributed by atoms with E-state index in [1.54, 1.807) is 6.92 Å². The molecule has 1 heterocycles. The lowest BCUT2D eigenvalue weighted by Gasteiger charge is -2.10. The summed E-state index contributed by atoms with van der Waals surface area (Å²) in [5, 5.41) is 0. The fraction of sp³-hybridized carbons (Fsp3) is 0.556. The first-order valence-electron chi connectivity index (χ1n) is 5.06. The van der Waals surface area contributed by atoms with Crippen LogP contribution in [-0.2, 0) is 13.1 Å². The van der Waals surface area contributed by atoms with Crippen molar-refractivity contribution >= 4 is 17.4 Å². The Labute approximate surface area is 104 Å². The lowest BCUT2D eigenvalue weighted by Crippen LogP contribution is -2.41. The maximum atomic E-state index is 12.0. The van der Waals surface area contributed by atoms with Crippen LogP contribution in [0.3, 0.4) is 0 Å². The highest BCUT2D eigenvalue weighted by Gasteiger charge is 2.27. The first kappa shape index (κ1) is 14.7. The molecule has 0 bridgehead atoms. The summed E-state index contributed by atoms with van der Waals surface area (Å²) in [5.41, 5.74) is -0.549. The van der Waals surface area contributed by atoms with Crippen molar-refractivity contribution in [3.63, 3.8) is 0 Å². The Hall–Kier alpha value is -1.38. The van der Waals surface area contributed by atoms with Crippen LogP contribution in [0.4, 0.5) is 18.9 Å². The molecule has 0 spiro atoms. The summed E-state index contributed by atoms with van der Waals surface area (Å²) in [5.74, 6) is -0.411. The van der Waals surface area contributed by atoms with Crippen molar-refractivity contribution < 1.29 is 13.2 Å². The first-order chi connectivity index (χ1) is 8.26. The molecule has 0 aliphatic rings. The number of alkyl halides is 3. The summed E-state index contributed by atoms with van der Waals surface area (Å²) in [6.45, 7) is 1.63. The highest BCUT2D eigenvalue weighted by Crippen LogP contribution is 2.29. The normalized spacial score (nSPS) is 11.8. The van der Waals surface area contributed by atoms with Gasteiger partial charge in [-0.3, -0.25) is 13.9 Å². The van der Waals surface area contributed by atoms with Gasteiger partial charge in [0.15, 0.2) is 0 Å². The smallest absolute Gasteiger partial charge is 0.393 e. The molecule has 0 atom stereocenters.